The van der Waals surface area contributed by atoms with Gasteiger partial charge in [-0.3, -0.25) is 10.9 Å². The van der Waals surface area contributed by atoms with Gasteiger partial charge in [0, 0.05) is 41.9 Å². The molecule has 0 radical (unpaired) electrons. The highest BCUT2D eigenvalue weighted by Gasteiger charge is 2.31. The molecule has 3 rings (SSSR count). The number of urea groups is 1. The number of nitrogens with one attached hydrogen (secondary N) is 4. The van der Waals surface area contributed by atoms with E-state index in [1.807, 2.05) is 24.3 Å². The average Bonchev–Trinajstić information content (AvgIpc) is 2.97. The number of cyclic esters (lactones) is 1. The summed E-state index contributed by atoms with van der Waals surface area (Å²) in [6.07, 6.45) is 0.511. The molecule has 0 aromatic heterocycles. The molecule has 0 aliphatic carbocycles. The third kappa shape index (κ3) is 5.27. The van der Waals surface area contributed by atoms with Crippen LogP contribution in [0.2, 0.25) is 0 Å². The summed E-state index contributed by atoms with van der Waals surface area (Å²) >= 11 is 1.75. The molecule has 0 bridgehead atoms. The van der Waals surface area contributed by atoms with Crippen molar-refractivity contribution >= 4 is 29.6 Å². The van der Waals surface area contributed by atoms with Crippen molar-refractivity contribution in [1.82, 2.24) is 21.1 Å². The van der Waals surface area contributed by atoms with E-state index in [1.165, 1.54) is 0 Å². The van der Waals surface area contributed by atoms with Crippen molar-refractivity contribution in [3.8, 4) is 0 Å². The molecule has 3 amide bonds. The van der Waals surface area contributed by atoms with Gasteiger partial charge >= 0.3 is 12.1 Å². The highest BCUT2D eigenvalue weighted by atomic mass is 32.2. The molecule has 1 aromatic rings. The van der Waals surface area contributed by atoms with Crippen molar-refractivity contribution in [2.45, 2.75) is 42.5 Å². The Morgan fingerprint density at radius 2 is 2.04 bits per heavy atom. The zero-order valence-electron chi connectivity index (χ0n) is 15.7. The minimum absolute atomic E-state index is 0.280. The molecule has 2 aliphatic rings. The first-order chi connectivity index (χ1) is 13.0. The number of anilines is 1. The van der Waals surface area contributed by atoms with Crippen LogP contribution in [0.3, 0.4) is 0 Å². The number of thioether (sulfide) groups is 1. The van der Waals surface area contributed by atoms with Crippen LogP contribution in [0.25, 0.3) is 0 Å². The largest absolute Gasteiger partial charge is 0.449 e. The first-order valence-electron chi connectivity index (χ1n) is 9.28. The summed E-state index contributed by atoms with van der Waals surface area (Å²) in [5, 5.41) is 6.08. The van der Waals surface area contributed by atoms with E-state index in [0.717, 1.165) is 17.0 Å². The van der Waals surface area contributed by atoms with Gasteiger partial charge in [-0.1, -0.05) is 12.1 Å². The van der Waals surface area contributed by atoms with Crippen LogP contribution in [0.1, 0.15) is 20.3 Å². The predicted octanol–water partition coefficient (Wildman–Crippen LogP) is 2.00. The molecule has 2 atom stereocenters. The van der Waals surface area contributed by atoms with E-state index in [-0.39, 0.29) is 12.1 Å². The van der Waals surface area contributed by atoms with Crippen molar-refractivity contribution in [3.63, 3.8) is 0 Å². The summed E-state index contributed by atoms with van der Waals surface area (Å²) < 4.78 is 4.99. The number of nitrogens with zero attached hydrogens (tertiary/aromatic N) is 1. The summed E-state index contributed by atoms with van der Waals surface area (Å²) in [5.74, 6) is 0. The minimum Gasteiger partial charge on any atom is -0.449 e. The molecule has 2 saturated heterocycles. The Kier molecular flexibility index (Phi) is 6.81. The number of hydrogen-bond donors (Lipinski definition) is 4. The smallest absolute Gasteiger partial charge is 0.409 e. The first-order valence-corrected chi connectivity index (χ1v) is 10.2. The van der Waals surface area contributed by atoms with E-state index < -0.39 is 0 Å². The number of hydrogen-bond acceptors (Lipinski definition) is 6. The van der Waals surface area contributed by atoms with Gasteiger partial charge in [-0.25, -0.2) is 9.59 Å². The van der Waals surface area contributed by atoms with Crippen molar-refractivity contribution in [2.75, 3.05) is 31.6 Å². The number of carbonyl (C=O) groups excluding carboxylic acids is 2. The van der Waals surface area contributed by atoms with E-state index in [1.54, 1.807) is 16.7 Å². The number of ether oxygens (including phenoxy) is 1. The summed E-state index contributed by atoms with van der Waals surface area (Å²) in [7, 11) is 0. The molecule has 9 heteroatoms. The second kappa shape index (κ2) is 9.29. The number of amides is 3. The summed E-state index contributed by atoms with van der Waals surface area (Å²) in [4.78, 5) is 26.5. The highest BCUT2D eigenvalue weighted by molar-refractivity contribution is 8.00. The van der Waals surface area contributed by atoms with E-state index >= 15 is 0 Å². The normalized spacial score (nSPS) is 25.2. The monoisotopic (exact) mass is 393 g/mol. The fourth-order valence-corrected chi connectivity index (χ4v) is 4.40. The minimum atomic E-state index is -0.313. The van der Waals surface area contributed by atoms with Crippen LogP contribution >= 0.6 is 11.8 Å². The van der Waals surface area contributed by atoms with Crippen LogP contribution in [0.5, 0.6) is 0 Å². The van der Waals surface area contributed by atoms with Crippen LogP contribution < -0.4 is 21.5 Å². The second-order valence-corrected chi connectivity index (χ2v) is 8.00. The van der Waals surface area contributed by atoms with Crippen molar-refractivity contribution in [3.05, 3.63) is 24.3 Å². The molecule has 148 valence electrons. The molecule has 0 saturated carbocycles. The van der Waals surface area contributed by atoms with E-state index in [0.29, 0.717) is 43.6 Å². The lowest BCUT2D eigenvalue weighted by atomic mass is 10.2. The van der Waals surface area contributed by atoms with Gasteiger partial charge in [0.05, 0.1) is 12.3 Å². The number of benzene rings is 1. The standard InChI is InChI=1S/C18H27N5O3S/c1-12-16(13(2)22-21-12)27-15-7-4-3-6-14(15)20-17(24)19-8-10-23-9-5-11-26-18(23)25/h3-4,6-7,12-13,16,21-22H,5,8-11H2,1-2H3,(H2,19,20,24). The van der Waals surface area contributed by atoms with Gasteiger partial charge in [0.1, 0.15) is 0 Å². The lowest BCUT2D eigenvalue weighted by Gasteiger charge is -2.26. The van der Waals surface area contributed by atoms with Crippen molar-refractivity contribution < 1.29 is 14.3 Å². The Morgan fingerprint density at radius 3 is 2.78 bits per heavy atom. The maximum absolute atomic E-state index is 12.3. The topological polar surface area (TPSA) is 94.7 Å². The van der Waals surface area contributed by atoms with Crippen LogP contribution in [0.4, 0.5) is 15.3 Å². The van der Waals surface area contributed by atoms with Gasteiger partial charge in [0.25, 0.3) is 0 Å². The van der Waals surface area contributed by atoms with E-state index in [2.05, 4.69) is 35.3 Å². The van der Waals surface area contributed by atoms with Crippen molar-refractivity contribution in [2.24, 2.45) is 0 Å². The highest BCUT2D eigenvalue weighted by Crippen LogP contribution is 2.34. The van der Waals surface area contributed by atoms with Gasteiger partial charge in [-0.05, 0) is 32.4 Å². The Balaban J connectivity index is 1.51. The molecule has 0 spiro atoms. The number of para-hydroxylation sites is 1. The Labute approximate surface area is 163 Å². The number of hydrazine groups is 1. The molecular weight excluding hydrogens is 366 g/mol. The van der Waals surface area contributed by atoms with Crippen LogP contribution in [-0.2, 0) is 4.74 Å². The van der Waals surface area contributed by atoms with E-state index in [9.17, 15) is 9.59 Å². The summed E-state index contributed by atoms with van der Waals surface area (Å²) in [6.45, 7) is 6.24. The van der Waals surface area contributed by atoms with Crippen LogP contribution in [-0.4, -0.2) is 60.6 Å². The SMILES string of the molecule is CC1NNC(C)C1Sc1ccccc1NC(=O)NCCN1CCCOC1=O. The molecule has 2 aliphatic heterocycles. The quantitative estimate of drug-likeness (QED) is 0.591. The molecule has 2 heterocycles. The molecule has 8 nitrogen and oxygen atoms in total. The maximum atomic E-state index is 12.3. The summed E-state index contributed by atoms with van der Waals surface area (Å²) in [5.41, 5.74) is 7.28. The summed E-state index contributed by atoms with van der Waals surface area (Å²) in [6, 6.07) is 8.17. The Bertz CT molecular complexity index is 664. The zero-order valence-corrected chi connectivity index (χ0v) is 16.5. The lowest BCUT2D eigenvalue weighted by Crippen LogP contribution is -2.43. The number of rotatable bonds is 6. The van der Waals surface area contributed by atoms with Crippen LogP contribution in [0.15, 0.2) is 29.2 Å². The second-order valence-electron chi connectivity index (χ2n) is 6.78. The lowest BCUT2D eigenvalue weighted by molar-refractivity contribution is 0.0736. The third-order valence-electron chi connectivity index (χ3n) is 4.65. The van der Waals surface area contributed by atoms with Gasteiger partial charge in [-0.15, -0.1) is 11.8 Å². The molecule has 27 heavy (non-hydrogen) atoms. The van der Waals surface area contributed by atoms with Crippen molar-refractivity contribution in [1.29, 1.82) is 0 Å². The molecular formula is C18H27N5O3S. The predicted molar refractivity (Wildman–Crippen MR) is 106 cm³/mol. The Morgan fingerprint density at radius 1 is 1.30 bits per heavy atom. The maximum Gasteiger partial charge on any atom is 0.409 e. The van der Waals surface area contributed by atoms with E-state index in [4.69, 9.17) is 4.74 Å². The van der Waals surface area contributed by atoms with Gasteiger partial charge in [0.15, 0.2) is 0 Å². The average molecular weight is 394 g/mol. The number of carbonyl (C=O) groups is 2. The van der Waals surface area contributed by atoms with Crippen LogP contribution in [0, 0.1) is 0 Å². The molecule has 4 N–H and O–H groups in total. The molecule has 2 unspecified atom stereocenters. The fourth-order valence-electron chi connectivity index (χ4n) is 3.16. The molecule has 2 fully saturated rings. The van der Waals surface area contributed by atoms with Gasteiger partial charge in [0.2, 0.25) is 0 Å². The Hall–Kier alpha value is -1.97. The van der Waals surface area contributed by atoms with Gasteiger partial charge in [-0.2, -0.15) is 0 Å². The third-order valence-corrected chi connectivity index (χ3v) is 6.34. The zero-order chi connectivity index (χ0) is 19.2. The first kappa shape index (κ1) is 19.8. The molecule has 1 aromatic carbocycles. The fraction of sp³-hybridized carbons (Fsp3) is 0.556. The van der Waals surface area contributed by atoms with Gasteiger partial charge < -0.3 is 20.3 Å².